The first-order valence-corrected chi connectivity index (χ1v) is 6.40. The maximum absolute atomic E-state index is 12.0. The van der Waals surface area contributed by atoms with Crippen LogP contribution in [-0.4, -0.2) is 12.7 Å². The molecule has 1 fully saturated rings. The second kappa shape index (κ2) is 6.14. The average molecular weight is 255 g/mol. The summed E-state index contributed by atoms with van der Waals surface area (Å²) in [5, 5.41) is 3.50. The van der Waals surface area contributed by atoms with Gasteiger partial charge < -0.3 is 10.1 Å². The van der Waals surface area contributed by atoms with E-state index in [1.54, 1.807) is 12.1 Å². The van der Waals surface area contributed by atoms with Gasteiger partial charge in [0.15, 0.2) is 0 Å². The first-order valence-electron chi connectivity index (χ1n) is 6.40. The third-order valence-electron chi connectivity index (χ3n) is 3.44. The van der Waals surface area contributed by atoms with Gasteiger partial charge in [0.2, 0.25) is 0 Å². The summed E-state index contributed by atoms with van der Waals surface area (Å²) >= 11 is 0. The second-order valence-corrected chi connectivity index (χ2v) is 5.02. The molecule has 1 N–H and O–H groups in total. The fraction of sp³-hybridized carbons (Fsp3) is 0.571. The van der Waals surface area contributed by atoms with Crippen molar-refractivity contribution in [3.63, 3.8) is 0 Å². The summed E-state index contributed by atoms with van der Waals surface area (Å²) in [6.45, 7) is 0.304. The van der Waals surface area contributed by atoms with Crippen molar-refractivity contribution in [2.75, 3.05) is 0 Å². The Morgan fingerprint density at radius 3 is 2.56 bits per heavy atom. The summed E-state index contributed by atoms with van der Waals surface area (Å²) in [5.74, 6) is 1.02. The Morgan fingerprint density at radius 2 is 2.00 bits per heavy atom. The zero-order valence-corrected chi connectivity index (χ0v) is 10.5. The van der Waals surface area contributed by atoms with E-state index in [4.69, 9.17) is 0 Å². The molecule has 1 aliphatic carbocycles. The van der Waals surface area contributed by atoms with E-state index in [0.717, 1.165) is 18.0 Å². The van der Waals surface area contributed by atoms with Crippen LogP contribution in [0.3, 0.4) is 0 Å². The summed E-state index contributed by atoms with van der Waals surface area (Å²) < 4.78 is 28.3. The lowest BCUT2D eigenvalue weighted by molar-refractivity contribution is -0.0498. The normalized spacial score (nSPS) is 23.6. The Morgan fingerprint density at radius 1 is 1.28 bits per heavy atom. The molecule has 0 radical (unpaired) electrons. The van der Waals surface area contributed by atoms with Gasteiger partial charge in [0.25, 0.3) is 0 Å². The van der Waals surface area contributed by atoms with Gasteiger partial charge in [-0.05, 0) is 42.9 Å². The van der Waals surface area contributed by atoms with E-state index >= 15 is 0 Å². The predicted molar refractivity (Wildman–Crippen MR) is 66.7 cm³/mol. The largest absolute Gasteiger partial charge is 0.435 e. The molecule has 2 rings (SSSR count). The van der Waals surface area contributed by atoms with Gasteiger partial charge in [-0.25, -0.2) is 0 Å². The summed E-state index contributed by atoms with van der Waals surface area (Å²) in [6.07, 6.45) is 3.75. The molecule has 18 heavy (non-hydrogen) atoms. The van der Waals surface area contributed by atoms with E-state index in [-0.39, 0.29) is 5.75 Å². The van der Waals surface area contributed by atoms with Crippen LogP contribution in [0.4, 0.5) is 8.78 Å². The fourth-order valence-electron chi connectivity index (χ4n) is 2.44. The molecule has 0 aromatic heterocycles. The highest BCUT2D eigenvalue weighted by atomic mass is 19.3. The molecule has 0 saturated heterocycles. The van der Waals surface area contributed by atoms with Crippen molar-refractivity contribution in [3.05, 3.63) is 29.8 Å². The molecule has 1 saturated carbocycles. The lowest BCUT2D eigenvalue weighted by atomic mass is 10.1. The molecule has 2 unspecified atom stereocenters. The number of rotatable bonds is 5. The predicted octanol–water partition coefficient (Wildman–Crippen LogP) is 3.57. The molecule has 4 heteroatoms. The van der Waals surface area contributed by atoms with Gasteiger partial charge in [0.1, 0.15) is 5.75 Å². The Kier molecular flexibility index (Phi) is 4.53. The molecule has 0 bridgehead atoms. The maximum atomic E-state index is 12.0. The maximum Gasteiger partial charge on any atom is 0.387 e. The summed E-state index contributed by atoms with van der Waals surface area (Å²) in [4.78, 5) is 0. The van der Waals surface area contributed by atoms with Crippen LogP contribution >= 0.6 is 0 Å². The van der Waals surface area contributed by atoms with Crippen molar-refractivity contribution in [1.29, 1.82) is 0 Å². The van der Waals surface area contributed by atoms with Crippen molar-refractivity contribution >= 4 is 0 Å². The number of hydrogen-bond acceptors (Lipinski definition) is 2. The number of nitrogens with one attached hydrogen (secondary N) is 1. The van der Waals surface area contributed by atoms with Gasteiger partial charge in [-0.3, -0.25) is 0 Å². The summed E-state index contributed by atoms with van der Waals surface area (Å²) in [7, 11) is 0. The first-order chi connectivity index (χ1) is 8.63. The third-order valence-corrected chi connectivity index (χ3v) is 3.44. The molecule has 0 aliphatic heterocycles. The summed E-state index contributed by atoms with van der Waals surface area (Å²) in [5.41, 5.74) is 1.09. The van der Waals surface area contributed by atoms with Crippen molar-refractivity contribution in [2.45, 2.75) is 45.4 Å². The van der Waals surface area contributed by atoms with Crippen LogP contribution in [0.1, 0.15) is 31.7 Å². The smallest absolute Gasteiger partial charge is 0.387 e. The van der Waals surface area contributed by atoms with Crippen LogP contribution < -0.4 is 10.1 Å². The molecule has 0 amide bonds. The average Bonchev–Trinajstić information content (AvgIpc) is 2.74. The Balaban J connectivity index is 1.79. The van der Waals surface area contributed by atoms with Crippen molar-refractivity contribution in [2.24, 2.45) is 5.92 Å². The van der Waals surface area contributed by atoms with E-state index in [0.29, 0.717) is 6.04 Å². The molecular weight excluding hydrogens is 236 g/mol. The van der Waals surface area contributed by atoms with E-state index < -0.39 is 6.61 Å². The topological polar surface area (TPSA) is 21.3 Å². The molecule has 1 aliphatic rings. The number of ether oxygens (including phenoxy) is 1. The molecule has 1 aromatic rings. The van der Waals surface area contributed by atoms with Crippen molar-refractivity contribution in [1.82, 2.24) is 5.32 Å². The molecule has 0 heterocycles. The van der Waals surface area contributed by atoms with Crippen molar-refractivity contribution < 1.29 is 13.5 Å². The Hall–Kier alpha value is -1.16. The quantitative estimate of drug-likeness (QED) is 0.868. The lowest BCUT2D eigenvalue weighted by Gasteiger charge is -2.12. The molecule has 1 aromatic carbocycles. The first kappa shape index (κ1) is 13.3. The van der Waals surface area contributed by atoms with Gasteiger partial charge >= 0.3 is 6.61 Å². The SMILES string of the molecule is CC1CCC(NCc2ccc(OC(F)F)cc2)C1. The van der Waals surface area contributed by atoms with E-state index in [9.17, 15) is 8.78 Å². The van der Waals surface area contributed by atoms with Crippen LogP contribution in [0, 0.1) is 5.92 Å². The van der Waals surface area contributed by atoms with Crippen LogP contribution in [-0.2, 0) is 6.54 Å². The fourth-order valence-corrected chi connectivity index (χ4v) is 2.44. The molecule has 100 valence electrons. The van der Waals surface area contributed by atoms with Gasteiger partial charge in [0.05, 0.1) is 0 Å². The summed E-state index contributed by atoms with van der Waals surface area (Å²) in [6, 6.07) is 7.41. The molecule has 2 atom stereocenters. The molecule has 0 spiro atoms. The number of halogens is 2. The standard InChI is InChI=1S/C14H19F2NO/c1-10-2-5-12(8-10)17-9-11-3-6-13(7-4-11)18-14(15)16/h3-4,6-7,10,12,14,17H,2,5,8-9H2,1H3. The molecule has 2 nitrogen and oxygen atoms in total. The van der Waals surface area contributed by atoms with Crippen molar-refractivity contribution in [3.8, 4) is 5.75 Å². The van der Waals surface area contributed by atoms with Crippen LogP contribution in [0.15, 0.2) is 24.3 Å². The minimum absolute atomic E-state index is 0.211. The minimum atomic E-state index is -2.76. The highest BCUT2D eigenvalue weighted by Crippen LogP contribution is 2.25. The highest BCUT2D eigenvalue weighted by Gasteiger charge is 2.20. The molecular formula is C14H19F2NO. The van der Waals surface area contributed by atoms with Crippen LogP contribution in [0.2, 0.25) is 0 Å². The van der Waals surface area contributed by atoms with E-state index in [1.807, 2.05) is 12.1 Å². The monoisotopic (exact) mass is 255 g/mol. The van der Waals surface area contributed by atoms with Gasteiger partial charge in [-0.1, -0.05) is 19.1 Å². The highest BCUT2D eigenvalue weighted by molar-refractivity contribution is 5.27. The van der Waals surface area contributed by atoms with E-state index in [1.165, 1.54) is 19.3 Å². The van der Waals surface area contributed by atoms with Gasteiger partial charge in [-0.2, -0.15) is 8.78 Å². The number of hydrogen-bond donors (Lipinski definition) is 1. The van der Waals surface area contributed by atoms with Gasteiger partial charge in [0, 0.05) is 12.6 Å². The lowest BCUT2D eigenvalue weighted by Crippen LogP contribution is -2.25. The second-order valence-electron chi connectivity index (χ2n) is 5.02. The van der Waals surface area contributed by atoms with E-state index in [2.05, 4.69) is 17.0 Å². The van der Waals surface area contributed by atoms with Crippen LogP contribution in [0.25, 0.3) is 0 Å². The Labute approximate surface area is 106 Å². The Bertz CT molecular complexity index is 367. The zero-order chi connectivity index (χ0) is 13.0. The number of alkyl halides is 2. The van der Waals surface area contributed by atoms with Crippen LogP contribution in [0.5, 0.6) is 5.75 Å². The number of benzene rings is 1. The van der Waals surface area contributed by atoms with Gasteiger partial charge in [-0.15, -0.1) is 0 Å². The third kappa shape index (κ3) is 3.95. The minimum Gasteiger partial charge on any atom is -0.435 e. The zero-order valence-electron chi connectivity index (χ0n) is 10.5.